The third kappa shape index (κ3) is 5.42. The van der Waals surface area contributed by atoms with Crippen LogP contribution in [0.3, 0.4) is 0 Å². The highest BCUT2D eigenvalue weighted by Gasteiger charge is 2.42. The molecule has 1 aliphatic heterocycles. The number of hydrogen-bond acceptors (Lipinski definition) is 6. The van der Waals surface area contributed by atoms with Crippen molar-refractivity contribution in [3.63, 3.8) is 0 Å². The quantitative estimate of drug-likeness (QED) is 0.360. The summed E-state index contributed by atoms with van der Waals surface area (Å²) < 4.78 is 14.4. The van der Waals surface area contributed by atoms with Gasteiger partial charge >= 0.3 is 5.97 Å². The number of Topliss-reactive ketones (excluding diaryl/α,β-unsaturated/α-hetero) is 1. The van der Waals surface area contributed by atoms with E-state index in [-0.39, 0.29) is 17.2 Å². The highest BCUT2D eigenvalue weighted by Crippen LogP contribution is 2.37. The van der Waals surface area contributed by atoms with E-state index in [0.29, 0.717) is 66.5 Å². The number of anilines is 2. The Morgan fingerprint density at radius 1 is 1.25 bits per heavy atom. The summed E-state index contributed by atoms with van der Waals surface area (Å²) in [5, 5.41) is 20.5. The number of ketones is 1. The van der Waals surface area contributed by atoms with Gasteiger partial charge in [0.1, 0.15) is 11.6 Å². The Balaban J connectivity index is 1.56. The molecule has 0 amide bonds. The van der Waals surface area contributed by atoms with Crippen molar-refractivity contribution in [1.82, 2.24) is 20.1 Å². The molecule has 0 saturated carbocycles. The highest BCUT2D eigenvalue weighted by molar-refractivity contribution is 6.30. The molecule has 10 heteroatoms. The second kappa shape index (κ2) is 10.4. The summed E-state index contributed by atoms with van der Waals surface area (Å²) in [6.07, 6.45) is 0.921. The maximum atomic E-state index is 14.4. The molecule has 0 spiro atoms. The number of halogens is 2. The average Bonchev–Trinajstić information content (AvgIpc) is 3.24. The standard InChI is InChI=1S/C26H29ClFN5O3/c1-15-11-22(32-31-15)30-24-16(2)20(17(3)34)12-19(29-24)13-26(25(35)36)7-9-33(10-8-26)14-18-5-4-6-21(27)23(18)28/h4-6,11-12H,7-10,13-14H2,1-3H3,(H,35,36)(H2,29,30,31,32). The van der Waals surface area contributed by atoms with Crippen LogP contribution in [0.4, 0.5) is 16.0 Å². The van der Waals surface area contributed by atoms with Gasteiger partial charge in [0, 0.05) is 47.1 Å². The molecular formula is C26H29ClFN5O3. The van der Waals surface area contributed by atoms with Gasteiger partial charge in [-0.05, 0) is 58.8 Å². The number of likely N-dealkylation sites (tertiary alicyclic amines) is 1. The second-order valence-corrected chi connectivity index (χ2v) is 9.91. The van der Waals surface area contributed by atoms with Crippen molar-refractivity contribution in [2.24, 2.45) is 5.41 Å². The maximum absolute atomic E-state index is 14.4. The van der Waals surface area contributed by atoms with Crippen molar-refractivity contribution < 1.29 is 19.1 Å². The molecule has 0 aliphatic carbocycles. The molecule has 1 saturated heterocycles. The monoisotopic (exact) mass is 513 g/mol. The molecular weight excluding hydrogens is 485 g/mol. The molecule has 3 heterocycles. The fraction of sp³-hybridized carbons (Fsp3) is 0.385. The number of carbonyl (C=O) groups excluding carboxylic acids is 1. The molecule has 8 nitrogen and oxygen atoms in total. The summed E-state index contributed by atoms with van der Waals surface area (Å²) in [7, 11) is 0. The number of aromatic amines is 1. The minimum Gasteiger partial charge on any atom is -0.481 e. The normalized spacial score (nSPS) is 15.6. The van der Waals surface area contributed by atoms with E-state index in [9.17, 15) is 19.1 Å². The van der Waals surface area contributed by atoms with Gasteiger partial charge in [0.2, 0.25) is 0 Å². The number of pyridine rings is 1. The van der Waals surface area contributed by atoms with Crippen molar-refractivity contribution in [3.05, 3.63) is 69.2 Å². The fourth-order valence-electron chi connectivity index (χ4n) is 4.71. The molecule has 1 fully saturated rings. The number of aromatic nitrogens is 3. The van der Waals surface area contributed by atoms with Gasteiger partial charge in [-0.25, -0.2) is 9.37 Å². The van der Waals surface area contributed by atoms with E-state index >= 15 is 0 Å². The lowest BCUT2D eigenvalue weighted by molar-refractivity contribution is -0.152. The largest absolute Gasteiger partial charge is 0.481 e. The van der Waals surface area contributed by atoms with Crippen LogP contribution < -0.4 is 5.32 Å². The molecule has 0 bridgehead atoms. The number of aryl methyl sites for hydroxylation is 1. The topological polar surface area (TPSA) is 111 Å². The van der Waals surface area contributed by atoms with E-state index in [1.807, 2.05) is 17.9 Å². The van der Waals surface area contributed by atoms with E-state index in [4.69, 9.17) is 16.6 Å². The Hall–Kier alpha value is -3.30. The maximum Gasteiger partial charge on any atom is 0.310 e. The number of carboxylic acid groups (broad SMARTS) is 1. The van der Waals surface area contributed by atoms with Crippen LogP contribution in [0.5, 0.6) is 0 Å². The number of rotatable bonds is 8. The first-order valence-corrected chi connectivity index (χ1v) is 12.1. The predicted octanol–water partition coefficient (Wildman–Crippen LogP) is 5.07. The summed E-state index contributed by atoms with van der Waals surface area (Å²) >= 11 is 5.91. The molecule has 0 radical (unpaired) electrons. The van der Waals surface area contributed by atoms with Crippen molar-refractivity contribution in [2.45, 2.75) is 46.6 Å². The van der Waals surface area contributed by atoms with Gasteiger partial charge in [0.25, 0.3) is 0 Å². The van der Waals surface area contributed by atoms with Gasteiger partial charge in [-0.15, -0.1) is 0 Å². The third-order valence-corrected chi connectivity index (χ3v) is 7.16. The van der Waals surface area contributed by atoms with E-state index in [1.165, 1.54) is 13.0 Å². The lowest BCUT2D eigenvalue weighted by Crippen LogP contribution is -2.45. The molecule has 3 N–H and O–H groups in total. The molecule has 0 atom stereocenters. The minimum absolute atomic E-state index is 0.0746. The Kier molecular flexibility index (Phi) is 7.42. The van der Waals surface area contributed by atoms with Gasteiger partial charge in [0.15, 0.2) is 11.6 Å². The van der Waals surface area contributed by atoms with E-state index in [2.05, 4.69) is 15.5 Å². The molecule has 36 heavy (non-hydrogen) atoms. The summed E-state index contributed by atoms with van der Waals surface area (Å²) in [6.45, 7) is 6.49. The number of piperidine rings is 1. The van der Waals surface area contributed by atoms with Gasteiger partial charge in [-0.1, -0.05) is 23.7 Å². The number of H-pyrrole nitrogens is 1. The van der Waals surface area contributed by atoms with E-state index in [1.54, 1.807) is 25.1 Å². The lowest BCUT2D eigenvalue weighted by Gasteiger charge is -2.39. The van der Waals surface area contributed by atoms with Crippen LogP contribution in [0.25, 0.3) is 0 Å². The van der Waals surface area contributed by atoms with Crippen LogP contribution in [-0.2, 0) is 17.8 Å². The van der Waals surface area contributed by atoms with Crippen molar-refractivity contribution in [1.29, 1.82) is 0 Å². The molecule has 0 unspecified atom stereocenters. The number of benzene rings is 1. The molecule has 190 valence electrons. The molecule has 3 aromatic rings. The number of carbonyl (C=O) groups is 2. The van der Waals surface area contributed by atoms with Crippen LogP contribution in [-0.4, -0.2) is 50.0 Å². The number of nitrogens with one attached hydrogen (secondary N) is 2. The lowest BCUT2D eigenvalue weighted by atomic mass is 9.74. The Labute approximate surface area is 213 Å². The van der Waals surface area contributed by atoms with E-state index < -0.39 is 17.2 Å². The Bertz CT molecular complexity index is 1300. The SMILES string of the molecule is CC(=O)c1cc(CC2(C(=O)O)CCN(Cc3cccc(Cl)c3F)CC2)nc(Nc2cc(C)[nH]n2)c1C. The Morgan fingerprint density at radius 3 is 2.58 bits per heavy atom. The summed E-state index contributed by atoms with van der Waals surface area (Å²) in [5.41, 5.74) is 2.00. The van der Waals surface area contributed by atoms with Gasteiger partial charge in [-0.3, -0.25) is 19.6 Å². The van der Waals surface area contributed by atoms with Crippen LogP contribution in [0, 0.1) is 25.1 Å². The smallest absolute Gasteiger partial charge is 0.310 e. The van der Waals surface area contributed by atoms with Crippen molar-refractivity contribution >= 4 is 35.0 Å². The van der Waals surface area contributed by atoms with E-state index in [0.717, 1.165) is 5.69 Å². The summed E-state index contributed by atoms with van der Waals surface area (Å²) in [6, 6.07) is 8.41. The zero-order chi connectivity index (χ0) is 26.0. The highest BCUT2D eigenvalue weighted by atomic mass is 35.5. The first-order chi connectivity index (χ1) is 17.1. The zero-order valence-corrected chi connectivity index (χ0v) is 21.2. The van der Waals surface area contributed by atoms with Crippen LogP contribution in [0.2, 0.25) is 5.02 Å². The zero-order valence-electron chi connectivity index (χ0n) is 20.5. The third-order valence-electron chi connectivity index (χ3n) is 6.87. The number of carboxylic acids is 1. The minimum atomic E-state index is -1.04. The summed E-state index contributed by atoms with van der Waals surface area (Å²) in [4.78, 5) is 31.6. The average molecular weight is 514 g/mol. The van der Waals surface area contributed by atoms with Crippen LogP contribution >= 0.6 is 11.6 Å². The van der Waals surface area contributed by atoms with Crippen molar-refractivity contribution in [2.75, 3.05) is 18.4 Å². The molecule has 2 aromatic heterocycles. The predicted molar refractivity (Wildman–Crippen MR) is 135 cm³/mol. The van der Waals surface area contributed by atoms with Crippen molar-refractivity contribution in [3.8, 4) is 0 Å². The number of hydrogen-bond donors (Lipinski definition) is 3. The first-order valence-electron chi connectivity index (χ1n) is 11.8. The van der Waals surface area contributed by atoms with Crippen LogP contribution in [0.1, 0.15) is 52.6 Å². The number of aliphatic carboxylic acids is 1. The molecule has 1 aromatic carbocycles. The second-order valence-electron chi connectivity index (χ2n) is 9.50. The first kappa shape index (κ1) is 25.8. The molecule has 4 rings (SSSR count). The Morgan fingerprint density at radius 2 is 1.97 bits per heavy atom. The van der Waals surface area contributed by atoms with Gasteiger partial charge < -0.3 is 10.4 Å². The summed E-state index contributed by atoms with van der Waals surface area (Å²) in [5.74, 6) is -0.440. The number of nitrogens with zero attached hydrogens (tertiary/aromatic N) is 3. The van der Waals surface area contributed by atoms with Crippen LogP contribution in [0.15, 0.2) is 30.3 Å². The molecule has 1 aliphatic rings. The fourth-order valence-corrected chi connectivity index (χ4v) is 4.90. The van der Waals surface area contributed by atoms with Gasteiger partial charge in [0.05, 0.1) is 10.4 Å². The van der Waals surface area contributed by atoms with Gasteiger partial charge in [-0.2, -0.15) is 5.10 Å².